The number of rotatable bonds is 6. The zero-order valence-corrected chi connectivity index (χ0v) is 16.0. The molecule has 2 aromatic carbocycles. The summed E-state index contributed by atoms with van der Waals surface area (Å²) in [6, 6.07) is 7.69. The lowest BCUT2D eigenvalue weighted by Crippen LogP contribution is -2.53. The molecule has 0 spiro atoms. The van der Waals surface area contributed by atoms with Crippen molar-refractivity contribution in [3.63, 3.8) is 0 Å². The fourth-order valence-corrected chi connectivity index (χ4v) is 2.96. The molecular formula is C19H19ClFN5O2. The molecule has 0 radical (unpaired) electrons. The highest BCUT2D eigenvalue weighted by atomic mass is 35.5. The molecule has 28 heavy (non-hydrogen) atoms. The van der Waals surface area contributed by atoms with Crippen molar-refractivity contribution in [2.45, 2.75) is 18.9 Å². The van der Waals surface area contributed by atoms with Gasteiger partial charge in [-0.05, 0) is 37.7 Å². The maximum atomic E-state index is 14.3. The van der Waals surface area contributed by atoms with E-state index >= 15 is 0 Å². The van der Waals surface area contributed by atoms with Gasteiger partial charge in [-0.15, -0.1) is 0 Å². The minimum atomic E-state index is -1.06. The molecule has 1 aromatic heterocycles. The molecule has 0 saturated heterocycles. The van der Waals surface area contributed by atoms with Gasteiger partial charge < -0.3 is 21.5 Å². The number of aromatic hydroxyl groups is 1. The van der Waals surface area contributed by atoms with E-state index in [0.717, 1.165) is 0 Å². The number of fused-ring (bicyclic) bond motifs is 1. The third-order valence-electron chi connectivity index (χ3n) is 4.68. The molecule has 0 aliphatic heterocycles. The molecule has 5 N–H and O–H groups in total. The van der Waals surface area contributed by atoms with Crippen LogP contribution in [0, 0.1) is 5.82 Å². The molecule has 0 aliphatic carbocycles. The number of nitrogens with zero attached hydrogens (tertiary/aromatic N) is 2. The molecule has 0 unspecified atom stereocenters. The Kier molecular flexibility index (Phi) is 5.35. The number of anilines is 2. The number of phenolic OH excluding ortho intramolecular Hbond substituents is 1. The normalized spacial score (nSPS) is 13.3. The van der Waals surface area contributed by atoms with Gasteiger partial charge >= 0.3 is 0 Å². The van der Waals surface area contributed by atoms with Gasteiger partial charge in [0.05, 0.1) is 21.8 Å². The number of nitrogens with one attached hydrogen (secondary N) is 2. The van der Waals surface area contributed by atoms with Crippen LogP contribution in [0.15, 0.2) is 36.7 Å². The van der Waals surface area contributed by atoms with E-state index in [1.54, 1.807) is 26.1 Å². The average molecular weight is 404 g/mol. The second-order valence-corrected chi connectivity index (χ2v) is 6.98. The van der Waals surface area contributed by atoms with Crippen molar-refractivity contribution in [2.24, 2.45) is 5.73 Å². The van der Waals surface area contributed by atoms with Gasteiger partial charge in [-0.2, -0.15) is 0 Å². The van der Waals surface area contributed by atoms with Gasteiger partial charge in [0.15, 0.2) is 5.82 Å². The van der Waals surface area contributed by atoms with Crippen LogP contribution in [0.5, 0.6) is 5.75 Å². The van der Waals surface area contributed by atoms with Crippen LogP contribution in [-0.4, -0.2) is 33.6 Å². The molecule has 1 amide bonds. The van der Waals surface area contributed by atoms with Crippen molar-refractivity contribution in [3.05, 3.63) is 53.1 Å². The van der Waals surface area contributed by atoms with E-state index in [0.29, 0.717) is 22.3 Å². The number of halogens is 2. The number of hydrogen-bond acceptors (Lipinski definition) is 6. The van der Waals surface area contributed by atoms with Gasteiger partial charge in [0, 0.05) is 17.9 Å². The molecule has 7 nitrogen and oxygen atoms in total. The van der Waals surface area contributed by atoms with Crippen molar-refractivity contribution < 1.29 is 14.3 Å². The van der Waals surface area contributed by atoms with Crippen molar-refractivity contribution in [1.82, 2.24) is 15.3 Å². The SMILES string of the molecule is CN[C@@](C)(Cc1cc2c(Nc3cccc(Cl)c3F)ncnc2cc1O)C(N)=O. The van der Waals surface area contributed by atoms with Crippen molar-refractivity contribution in [2.75, 3.05) is 12.4 Å². The van der Waals surface area contributed by atoms with Crippen LogP contribution in [0.4, 0.5) is 15.9 Å². The molecule has 1 atom stereocenters. The zero-order valence-electron chi connectivity index (χ0n) is 15.3. The Hall–Kier alpha value is -2.97. The number of carbonyl (C=O) groups excluding carboxylic acids is 1. The highest BCUT2D eigenvalue weighted by molar-refractivity contribution is 6.31. The van der Waals surface area contributed by atoms with Gasteiger partial charge in [-0.3, -0.25) is 4.79 Å². The Morgan fingerprint density at radius 1 is 1.36 bits per heavy atom. The molecular weight excluding hydrogens is 385 g/mol. The van der Waals surface area contributed by atoms with Crippen LogP contribution in [0.3, 0.4) is 0 Å². The number of carbonyl (C=O) groups is 1. The molecule has 146 valence electrons. The minimum Gasteiger partial charge on any atom is -0.508 e. The molecule has 3 rings (SSSR count). The summed E-state index contributed by atoms with van der Waals surface area (Å²) in [4.78, 5) is 20.1. The summed E-state index contributed by atoms with van der Waals surface area (Å²) >= 11 is 5.83. The number of hydrogen-bond donors (Lipinski definition) is 4. The summed E-state index contributed by atoms with van der Waals surface area (Å²) in [6.45, 7) is 1.64. The van der Waals surface area contributed by atoms with Crippen molar-refractivity contribution in [3.8, 4) is 5.75 Å². The van der Waals surface area contributed by atoms with E-state index in [1.165, 1.54) is 24.5 Å². The lowest BCUT2D eigenvalue weighted by atomic mass is 9.91. The summed E-state index contributed by atoms with van der Waals surface area (Å²) in [5, 5.41) is 16.7. The van der Waals surface area contributed by atoms with Crippen molar-refractivity contribution >= 4 is 39.9 Å². The van der Waals surface area contributed by atoms with Crippen LogP contribution < -0.4 is 16.4 Å². The molecule has 9 heteroatoms. The third kappa shape index (κ3) is 3.69. The predicted octanol–water partition coefficient (Wildman–Crippen LogP) is 2.88. The molecule has 0 fully saturated rings. The van der Waals surface area contributed by atoms with E-state index in [9.17, 15) is 14.3 Å². The number of likely N-dealkylation sites (N-methyl/N-ethyl adjacent to an activating group) is 1. The van der Waals surface area contributed by atoms with Crippen LogP contribution in [-0.2, 0) is 11.2 Å². The van der Waals surface area contributed by atoms with Gasteiger partial charge in [0.2, 0.25) is 5.91 Å². The summed E-state index contributed by atoms with van der Waals surface area (Å²) < 4.78 is 14.3. The first-order valence-electron chi connectivity index (χ1n) is 8.41. The first-order valence-corrected chi connectivity index (χ1v) is 8.79. The predicted molar refractivity (Wildman–Crippen MR) is 106 cm³/mol. The molecule has 1 heterocycles. The van der Waals surface area contributed by atoms with Crippen LogP contribution in [0.2, 0.25) is 5.02 Å². The highest BCUT2D eigenvalue weighted by Gasteiger charge is 2.30. The minimum absolute atomic E-state index is 0.0204. The molecule has 0 aliphatic rings. The first kappa shape index (κ1) is 19.8. The number of aromatic nitrogens is 2. The van der Waals surface area contributed by atoms with E-state index < -0.39 is 17.3 Å². The molecule has 0 bridgehead atoms. The van der Waals surface area contributed by atoms with Crippen LogP contribution >= 0.6 is 11.6 Å². The monoisotopic (exact) mass is 403 g/mol. The number of primary amides is 1. The largest absolute Gasteiger partial charge is 0.508 e. The number of phenols is 1. The summed E-state index contributed by atoms with van der Waals surface area (Å²) in [6.07, 6.45) is 1.44. The zero-order chi connectivity index (χ0) is 20.5. The lowest BCUT2D eigenvalue weighted by Gasteiger charge is -2.26. The second kappa shape index (κ2) is 7.57. The first-order chi connectivity index (χ1) is 13.2. The average Bonchev–Trinajstić information content (AvgIpc) is 2.66. The smallest absolute Gasteiger partial charge is 0.237 e. The number of amides is 1. The topological polar surface area (TPSA) is 113 Å². The Morgan fingerprint density at radius 2 is 2.11 bits per heavy atom. The van der Waals surface area contributed by atoms with E-state index in [2.05, 4.69) is 20.6 Å². The molecule has 3 aromatic rings. The quantitative estimate of drug-likeness (QED) is 0.503. The third-order valence-corrected chi connectivity index (χ3v) is 4.97. The van der Waals surface area contributed by atoms with Gasteiger partial charge in [-0.25, -0.2) is 14.4 Å². The van der Waals surface area contributed by atoms with Gasteiger partial charge in [0.25, 0.3) is 0 Å². The van der Waals surface area contributed by atoms with Crippen LogP contribution in [0.25, 0.3) is 10.9 Å². The Bertz CT molecular complexity index is 1060. The summed E-state index contributed by atoms with van der Waals surface area (Å²) in [5.41, 5.74) is 5.49. The van der Waals surface area contributed by atoms with Crippen LogP contribution in [0.1, 0.15) is 12.5 Å². The van der Waals surface area contributed by atoms with E-state index in [-0.39, 0.29) is 22.9 Å². The fraction of sp³-hybridized carbons (Fsp3) is 0.211. The Labute approximate surface area is 165 Å². The summed E-state index contributed by atoms with van der Waals surface area (Å²) in [7, 11) is 1.61. The summed E-state index contributed by atoms with van der Waals surface area (Å²) in [5.74, 6) is -0.865. The number of benzene rings is 2. The number of nitrogens with two attached hydrogens (primary N) is 1. The van der Waals surface area contributed by atoms with Gasteiger partial charge in [0.1, 0.15) is 17.9 Å². The molecule has 0 saturated carbocycles. The lowest BCUT2D eigenvalue weighted by molar-refractivity contribution is -0.123. The Morgan fingerprint density at radius 3 is 2.79 bits per heavy atom. The fourth-order valence-electron chi connectivity index (χ4n) is 2.79. The van der Waals surface area contributed by atoms with Gasteiger partial charge in [-0.1, -0.05) is 17.7 Å². The van der Waals surface area contributed by atoms with E-state index in [1.807, 2.05) is 0 Å². The highest BCUT2D eigenvalue weighted by Crippen LogP contribution is 2.32. The Balaban J connectivity index is 2.08. The second-order valence-electron chi connectivity index (χ2n) is 6.57. The van der Waals surface area contributed by atoms with E-state index in [4.69, 9.17) is 17.3 Å². The maximum absolute atomic E-state index is 14.3. The standard InChI is InChI=1S/C19H19ClFN5O2/c1-19(23-2,18(22)28)8-10-6-11-14(7-15(10)27)24-9-25-17(11)26-13-5-3-4-12(20)16(13)21/h3-7,9,23,27H,8H2,1-2H3,(H2,22,28)(H,24,25,26)/t19-/m0/s1. The maximum Gasteiger partial charge on any atom is 0.237 e. The van der Waals surface area contributed by atoms with Crippen molar-refractivity contribution in [1.29, 1.82) is 0 Å².